The van der Waals surface area contributed by atoms with Gasteiger partial charge in [-0.3, -0.25) is 0 Å². The average molecular weight is 499 g/mol. The first kappa shape index (κ1) is 29.4. The number of hydrogen-bond donors (Lipinski definition) is 0. The molecule has 2 saturated carbocycles. The van der Waals surface area contributed by atoms with E-state index in [9.17, 15) is 9.59 Å². The monoisotopic (exact) mass is 498 g/mol. The molecule has 0 aromatic rings. The van der Waals surface area contributed by atoms with E-state index in [2.05, 4.69) is 26.8 Å². The Kier molecular flexibility index (Phi) is 10.9. The fourth-order valence-electron chi connectivity index (χ4n) is 6.54. The highest BCUT2D eigenvalue weighted by Crippen LogP contribution is 2.60. The van der Waals surface area contributed by atoms with Gasteiger partial charge in [0.1, 0.15) is 18.5 Å². The van der Waals surface area contributed by atoms with Crippen LogP contribution in [0.1, 0.15) is 85.5 Å². The van der Waals surface area contributed by atoms with Gasteiger partial charge in [-0.05, 0) is 76.2 Å². The molecule has 0 amide bonds. The number of hydrogen-bond acceptors (Lipinski definition) is 8. The summed E-state index contributed by atoms with van der Waals surface area (Å²) in [5, 5.41) is 0. The van der Waals surface area contributed by atoms with E-state index in [1.807, 2.05) is 13.0 Å². The van der Waals surface area contributed by atoms with Crippen molar-refractivity contribution in [2.24, 2.45) is 17.3 Å². The Morgan fingerprint density at radius 2 is 1.71 bits per heavy atom. The average Bonchev–Trinajstić information content (AvgIpc) is 3.22. The Morgan fingerprint density at radius 1 is 1.03 bits per heavy atom. The lowest BCUT2D eigenvalue weighted by Crippen LogP contribution is -2.49. The summed E-state index contributed by atoms with van der Waals surface area (Å²) in [6.45, 7) is 8.74. The zero-order chi connectivity index (χ0) is 26.1. The van der Waals surface area contributed by atoms with Crippen LogP contribution in [0.15, 0.2) is 12.2 Å². The predicted octanol–water partition coefficient (Wildman–Crippen LogP) is 6.41. The zero-order valence-corrected chi connectivity index (χ0v) is 22.7. The van der Waals surface area contributed by atoms with Crippen molar-refractivity contribution in [1.82, 2.24) is 0 Å². The van der Waals surface area contributed by atoms with Crippen molar-refractivity contribution in [2.45, 2.75) is 103 Å². The van der Waals surface area contributed by atoms with Gasteiger partial charge in [-0.15, -0.1) is 0 Å². The van der Waals surface area contributed by atoms with Crippen molar-refractivity contribution in [3.63, 3.8) is 0 Å². The van der Waals surface area contributed by atoms with Gasteiger partial charge in [0.05, 0.1) is 19.8 Å². The molecule has 0 bridgehead atoms. The minimum absolute atomic E-state index is 0.0613. The van der Waals surface area contributed by atoms with E-state index in [1.54, 1.807) is 7.11 Å². The number of carbonyl (C=O) groups is 2. The largest absolute Gasteiger partial charge is 0.508 e. The van der Waals surface area contributed by atoms with Gasteiger partial charge in [0, 0.05) is 18.9 Å². The van der Waals surface area contributed by atoms with Crippen LogP contribution in [-0.2, 0) is 28.4 Å². The van der Waals surface area contributed by atoms with Crippen LogP contribution in [-0.4, -0.2) is 57.7 Å². The van der Waals surface area contributed by atoms with Crippen molar-refractivity contribution in [2.75, 3.05) is 28.1 Å². The molecule has 0 spiro atoms. The van der Waals surface area contributed by atoms with Crippen molar-refractivity contribution < 1.29 is 38.0 Å². The van der Waals surface area contributed by atoms with Gasteiger partial charge in [0.2, 0.25) is 0 Å². The van der Waals surface area contributed by atoms with Crippen LogP contribution in [0.25, 0.3) is 0 Å². The van der Waals surface area contributed by atoms with Gasteiger partial charge >= 0.3 is 12.3 Å². The third-order valence-corrected chi connectivity index (χ3v) is 8.63. The third kappa shape index (κ3) is 6.91. The van der Waals surface area contributed by atoms with Crippen LogP contribution in [0.2, 0.25) is 0 Å². The van der Waals surface area contributed by atoms with Crippen molar-refractivity contribution in [3.8, 4) is 0 Å². The molecule has 0 saturated heterocycles. The molecular weight excluding hydrogens is 452 g/mol. The fraction of sp³-hybridized carbons (Fsp3) is 0.852. The van der Waals surface area contributed by atoms with Gasteiger partial charge in [0.15, 0.2) is 0 Å². The first-order valence-electron chi connectivity index (χ1n) is 13.0. The van der Waals surface area contributed by atoms with E-state index in [-0.39, 0.29) is 35.7 Å². The molecule has 0 aromatic heterocycles. The summed E-state index contributed by atoms with van der Waals surface area (Å²) < 4.78 is 32.4. The summed E-state index contributed by atoms with van der Waals surface area (Å²) in [5.74, 6) is 0.246. The first-order valence-corrected chi connectivity index (χ1v) is 13.0. The molecule has 0 radical (unpaired) electrons. The second kappa shape index (κ2) is 12.9. The molecule has 8 nitrogen and oxygen atoms in total. The summed E-state index contributed by atoms with van der Waals surface area (Å²) in [6.07, 6.45) is 10.5. The fourth-order valence-corrected chi connectivity index (χ4v) is 6.54. The van der Waals surface area contributed by atoms with E-state index in [4.69, 9.17) is 28.4 Å². The summed E-state index contributed by atoms with van der Waals surface area (Å²) in [6, 6.07) is 0. The van der Waals surface area contributed by atoms with Gasteiger partial charge in [-0.2, -0.15) is 0 Å². The SMILES string of the molecule is CCC(CC)(CC/C=C/C(C)(OC(=O)OC)C1CCC2C(OC(=O)OC)CCCC21C)OCOC. The molecule has 5 unspecified atom stereocenters. The quantitative estimate of drug-likeness (QED) is 0.173. The number of ether oxygens (including phenoxy) is 6. The van der Waals surface area contributed by atoms with E-state index in [1.165, 1.54) is 14.2 Å². The normalized spacial score (nSPS) is 28.3. The highest BCUT2D eigenvalue weighted by molar-refractivity contribution is 5.61. The van der Waals surface area contributed by atoms with Crippen LogP contribution in [0.5, 0.6) is 0 Å². The lowest BCUT2D eigenvalue weighted by Gasteiger charge is -2.48. The van der Waals surface area contributed by atoms with Gasteiger partial charge < -0.3 is 28.4 Å². The van der Waals surface area contributed by atoms with Crippen molar-refractivity contribution in [1.29, 1.82) is 0 Å². The third-order valence-electron chi connectivity index (χ3n) is 8.63. The molecule has 2 aliphatic rings. The standard InChI is InChI=1S/C27H46O8/c1-8-27(9-2,33-19-30-5)18-11-10-17-26(4,35-24(29)32-7)22-15-14-20-21(34-23(28)31-6)13-12-16-25(20,22)3/h10,17,20-22H,8-9,11-16,18-19H2,1-7H3/b17-10+. The van der Waals surface area contributed by atoms with E-state index in [0.717, 1.165) is 57.8 Å². The van der Waals surface area contributed by atoms with Crippen molar-refractivity contribution >= 4 is 12.3 Å². The molecule has 2 rings (SSSR count). The lowest BCUT2D eigenvalue weighted by molar-refractivity contribution is -0.137. The summed E-state index contributed by atoms with van der Waals surface area (Å²) in [7, 11) is 4.30. The molecular formula is C27H46O8. The second-order valence-electron chi connectivity index (χ2n) is 10.4. The number of methoxy groups -OCH3 is 3. The van der Waals surface area contributed by atoms with Crippen LogP contribution < -0.4 is 0 Å². The van der Waals surface area contributed by atoms with Crippen LogP contribution >= 0.6 is 0 Å². The Balaban J connectivity index is 2.23. The minimum atomic E-state index is -0.849. The molecule has 2 aliphatic carbocycles. The highest BCUT2D eigenvalue weighted by Gasteiger charge is 2.58. The molecule has 0 heterocycles. The predicted molar refractivity (Wildman–Crippen MR) is 132 cm³/mol. The summed E-state index contributed by atoms with van der Waals surface area (Å²) in [4.78, 5) is 24.1. The van der Waals surface area contributed by atoms with Gasteiger partial charge in [-0.25, -0.2) is 9.59 Å². The lowest BCUT2D eigenvalue weighted by atomic mass is 9.60. The van der Waals surface area contributed by atoms with Gasteiger partial charge in [-0.1, -0.05) is 26.8 Å². The number of rotatable bonds is 12. The molecule has 5 atom stereocenters. The number of allylic oxidation sites excluding steroid dienone is 1. The maximum Gasteiger partial charge on any atom is 0.508 e. The molecule has 202 valence electrons. The van der Waals surface area contributed by atoms with Crippen LogP contribution in [0, 0.1) is 17.3 Å². The number of carbonyl (C=O) groups excluding carboxylic acids is 2. The summed E-state index contributed by atoms with van der Waals surface area (Å²) in [5.41, 5.74) is -1.24. The molecule has 0 aromatic carbocycles. The highest BCUT2D eigenvalue weighted by atomic mass is 16.7. The first-order chi connectivity index (χ1) is 16.6. The van der Waals surface area contributed by atoms with E-state index >= 15 is 0 Å². The molecule has 35 heavy (non-hydrogen) atoms. The Hall–Kier alpha value is -1.80. The van der Waals surface area contributed by atoms with Crippen LogP contribution in [0.4, 0.5) is 9.59 Å². The zero-order valence-electron chi connectivity index (χ0n) is 22.7. The van der Waals surface area contributed by atoms with E-state index in [0.29, 0.717) is 0 Å². The summed E-state index contributed by atoms with van der Waals surface area (Å²) >= 11 is 0. The maximum absolute atomic E-state index is 12.3. The van der Waals surface area contributed by atoms with Gasteiger partial charge in [0.25, 0.3) is 0 Å². The Morgan fingerprint density at radius 3 is 2.31 bits per heavy atom. The number of fused-ring (bicyclic) bond motifs is 1. The second-order valence-corrected chi connectivity index (χ2v) is 10.4. The molecule has 0 aliphatic heterocycles. The Bertz CT molecular complexity index is 718. The molecule has 2 fully saturated rings. The minimum Gasteiger partial charge on any atom is -0.438 e. The smallest absolute Gasteiger partial charge is 0.438 e. The van der Waals surface area contributed by atoms with Crippen LogP contribution in [0.3, 0.4) is 0 Å². The van der Waals surface area contributed by atoms with Crippen molar-refractivity contribution in [3.05, 3.63) is 12.2 Å². The maximum atomic E-state index is 12.3. The Labute approximate surface area is 211 Å². The topological polar surface area (TPSA) is 89.5 Å². The van der Waals surface area contributed by atoms with E-state index < -0.39 is 17.9 Å². The molecule has 0 N–H and O–H groups in total. The molecule has 8 heteroatoms.